The molecule has 2 aromatic carbocycles. The molecule has 0 saturated carbocycles. The Bertz CT molecular complexity index is 1680. The van der Waals surface area contributed by atoms with Crippen molar-refractivity contribution in [1.29, 1.82) is 0 Å². The summed E-state index contributed by atoms with van der Waals surface area (Å²) in [5, 5.41) is 96.6. The highest BCUT2D eigenvalue weighted by molar-refractivity contribution is 14.1. The Kier molecular flexibility index (Phi) is 28.0. The van der Waals surface area contributed by atoms with Crippen molar-refractivity contribution >= 4 is 182 Å². The summed E-state index contributed by atoms with van der Waals surface area (Å²) in [7, 11) is 0. The number of hydrogen-bond donors (Lipinski definition) is 16. The number of carbonyl (C=O) groups excluding carboxylic acids is 4. The minimum Gasteiger partial charge on any atom is -0.479 e. The predicted molar refractivity (Wildman–Crippen MR) is 255 cm³/mol. The highest BCUT2D eigenvalue weighted by atomic mass is 127. The molecule has 2 rings (SSSR count). The van der Waals surface area contributed by atoms with E-state index >= 15 is 0 Å². The Morgan fingerprint density at radius 2 is 0.707 bits per heavy atom. The molecule has 4 atom stereocenters. The van der Waals surface area contributed by atoms with E-state index in [9.17, 15) is 39.0 Å². The number of aliphatic carboxylic acids is 2. The zero-order chi connectivity index (χ0) is 45.2. The first-order valence-corrected chi connectivity index (χ1v) is 22.1. The summed E-state index contributed by atoms with van der Waals surface area (Å²) in [6.07, 6.45) is -6.68. The smallest absolute Gasteiger partial charge is 0.335 e. The van der Waals surface area contributed by atoms with Gasteiger partial charge in [-0.2, -0.15) is 0 Å². The molecule has 0 saturated heterocycles. The maximum absolute atomic E-state index is 12.4. The van der Waals surface area contributed by atoms with Gasteiger partial charge in [-0.05, 0) is 136 Å². The Balaban J connectivity index is 0.000000912. The fourth-order valence-electron chi connectivity index (χ4n) is 3.68. The van der Waals surface area contributed by atoms with Crippen molar-refractivity contribution in [3.05, 3.63) is 43.7 Å². The predicted octanol–water partition coefficient (Wildman–Crippen LogP) is -2.35. The minimum absolute atomic E-state index is 0.0844. The van der Waals surface area contributed by atoms with Gasteiger partial charge in [-0.3, -0.25) is 19.2 Å². The first-order valence-electron chi connectivity index (χ1n) is 15.6. The number of amides is 4. The van der Waals surface area contributed by atoms with E-state index in [1.54, 1.807) is 0 Å². The summed E-state index contributed by atoms with van der Waals surface area (Å²) >= 11 is 11.5. The summed E-state index contributed by atoms with van der Waals surface area (Å²) < 4.78 is 2.86. The second-order valence-corrected chi connectivity index (χ2v) is 17.3. The van der Waals surface area contributed by atoms with Gasteiger partial charge in [0, 0.05) is 33.3 Å². The fraction of sp³-hybridized carbons (Fsp3) is 0.400. The molecule has 22 nitrogen and oxygen atoms in total. The van der Waals surface area contributed by atoms with Gasteiger partial charge in [0.05, 0.1) is 86.5 Å². The number of nitrogens with one attached hydrogen (secondary N) is 4. The molecular weight excluding hydrogens is 1460 g/mol. The van der Waals surface area contributed by atoms with E-state index in [0.29, 0.717) is 32.8 Å². The van der Waals surface area contributed by atoms with Crippen molar-refractivity contribution in [2.24, 2.45) is 0 Å². The van der Waals surface area contributed by atoms with Crippen molar-refractivity contribution in [2.45, 2.75) is 24.4 Å². The number of nitrogens with two attached hydrogens (primary N) is 2. The molecule has 326 valence electrons. The molecule has 4 amide bonds. The standard InChI is InChI=1S/2C13H16I3N3O5.C4H6O6/c2*14-8-6(12(23)18-1-2-20)9(15)11(17)10(16)7(8)13(24)19-3-5(22)4-21;5-1(3(7)8)2(6)4(9)10/h2*5,20-22H,1-4,17H2,(H,18,23)(H,19,24);1-2,5-6H,(H,7,8)(H,9,10). The van der Waals surface area contributed by atoms with Crippen LogP contribution in [-0.4, -0.2) is 164 Å². The Labute approximate surface area is 410 Å². The molecular formula is C30H38I6N6O16. The molecule has 0 aliphatic rings. The Hall–Kier alpha value is -1.08. The summed E-state index contributed by atoms with van der Waals surface area (Å²) in [5.74, 6) is -5.42. The SMILES string of the molecule is Nc1c(I)c(C(=O)NCCO)c(I)c(C(=O)NCC(O)CO)c1I.Nc1c(I)c(C(=O)NCCO)c(I)c(C(=O)NCC(O)CO)c1I.O=C(O)C(O)C(O)C(=O)O. The van der Waals surface area contributed by atoms with Crippen LogP contribution < -0.4 is 32.7 Å². The molecule has 0 spiro atoms. The lowest BCUT2D eigenvalue weighted by atomic mass is 10.1. The minimum atomic E-state index is -2.27. The van der Waals surface area contributed by atoms with Gasteiger partial charge in [0.1, 0.15) is 0 Å². The van der Waals surface area contributed by atoms with Gasteiger partial charge in [-0.25, -0.2) is 9.59 Å². The largest absolute Gasteiger partial charge is 0.479 e. The molecule has 18 N–H and O–H groups in total. The van der Waals surface area contributed by atoms with Gasteiger partial charge in [-0.15, -0.1) is 0 Å². The molecule has 4 unspecified atom stereocenters. The third-order valence-electron chi connectivity index (χ3n) is 6.63. The third-order valence-corrected chi connectivity index (χ3v) is 13.3. The van der Waals surface area contributed by atoms with Gasteiger partial charge >= 0.3 is 11.9 Å². The number of nitrogen functional groups attached to an aromatic ring is 2. The number of carboxylic acids is 2. The molecule has 58 heavy (non-hydrogen) atoms. The van der Waals surface area contributed by atoms with Crippen molar-refractivity contribution < 1.29 is 79.8 Å². The molecule has 0 aliphatic carbocycles. The summed E-state index contributed by atoms with van der Waals surface area (Å²) in [4.78, 5) is 69.0. The number of aliphatic hydroxyl groups excluding tert-OH is 8. The van der Waals surface area contributed by atoms with E-state index in [0.717, 1.165) is 0 Å². The first-order chi connectivity index (χ1) is 27.0. The summed E-state index contributed by atoms with van der Waals surface area (Å²) in [6, 6.07) is 0. The lowest BCUT2D eigenvalue weighted by Crippen LogP contribution is -2.39. The topological polar surface area (TPSA) is 405 Å². The van der Waals surface area contributed by atoms with Crippen molar-refractivity contribution in [3.63, 3.8) is 0 Å². The zero-order valence-corrected chi connectivity index (χ0v) is 42.3. The first kappa shape index (κ1) is 56.9. The highest BCUT2D eigenvalue weighted by Crippen LogP contribution is 2.35. The molecule has 0 radical (unpaired) electrons. The lowest BCUT2D eigenvalue weighted by Gasteiger charge is -2.17. The average Bonchev–Trinajstić information content (AvgIpc) is 3.18. The lowest BCUT2D eigenvalue weighted by molar-refractivity contribution is -0.165. The van der Waals surface area contributed by atoms with E-state index < -0.39 is 73.2 Å². The van der Waals surface area contributed by atoms with Crippen LogP contribution in [0.4, 0.5) is 11.4 Å². The Morgan fingerprint density at radius 1 is 0.466 bits per heavy atom. The van der Waals surface area contributed by atoms with E-state index in [4.69, 9.17) is 52.3 Å². The normalized spacial score (nSPS) is 12.6. The van der Waals surface area contributed by atoms with Crippen LogP contribution in [0.25, 0.3) is 0 Å². The van der Waals surface area contributed by atoms with Crippen molar-refractivity contribution in [2.75, 3.05) is 64.1 Å². The Morgan fingerprint density at radius 3 is 0.914 bits per heavy atom. The van der Waals surface area contributed by atoms with E-state index in [1.807, 2.05) is 136 Å². The van der Waals surface area contributed by atoms with Crippen LogP contribution in [0.2, 0.25) is 0 Å². The van der Waals surface area contributed by atoms with Gasteiger partial charge < -0.3 is 83.8 Å². The van der Waals surface area contributed by atoms with Crippen LogP contribution in [0.1, 0.15) is 41.4 Å². The molecule has 0 bridgehead atoms. The van der Waals surface area contributed by atoms with Gasteiger partial charge in [0.15, 0.2) is 12.2 Å². The zero-order valence-electron chi connectivity index (χ0n) is 29.3. The van der Waals surface area contributed by atoms with Crippen LogP contribution in [-0.2, 0) is 9.59 Å². The summed E-state index contributed by atoms with van der Waals surface area (Å²) in [6.45, 7) is -1.44. The number of carbonyl (C=O) groups is 6. The second-order valence-electron chi connectivity index (χ2n) is 10.8. The maximum atomic E-state index is 12.4. The number of carboxylic acid groups (broad SMARTS) is 2. The molecule has 2 aromatic rings. The molecule has 0 fully saturated rings. The van der Waals surface area contributed by atoms with Crippen LogP contribution in [0.5, 0.6) is 0 Å². The van der Waals surface area contributed by atoms with E-state index in [1.165, 1.54) is 0 Å². The molecule has 0 aliphatic heterocycles. The van der Waals surface area contributed by atoms with Crippen LogP contribution >= 0.6 is 136 Å². The number of halogens is 6. The van der Waals surface area contributed by atoms with Gasteiger partial charge in [0.2, 0.25) is 0 Å². The third kappa shape index (κ3) is 17.0. The quantitative estimate of drug-likeness (QED) is 0.0583. The molecule has 0 heterocycles. The van der Waals surface area contributed by atoms with Crippen molar-refractivity contribution in [3.8, 4) is 0 Å². The second kappa shape index (κ2) is 28.5. The van der Waals surface area contributed by atoms with Crippen LogP contribution in [0.3, 0.4) is 0 Å². The number of benzene rings is 2. The van der Waals surface area contributed by atoms with E-state index in [-0.39, 0.29) is 61.6 Å². The van der Waals surface area contributed by atoms with Crippen LogP contribution in [0.15, 0.2) is 0 Å². The van der Waals surface area contributed by atoms with E-state index in [2.05, 4.69) is 21.3 Å². The number of hydrogen-bond acceptors (Lipinski definition) is 16. The van der Waals surface area contributed by atoms with Crippen LogP contribution in [0, 0.1) is 21.4 Å². The molecule has 28 heteroatoms. The number of anilines is 2. The van der Waals surface area contributed by atoms with Gasteiger partial charge in [-0.1, -0.05) is 0 Å². The number of aliphatic hydroxyl groups is 8. The molecule has 0 aromatic heterocycles. The number of rotatable bonds is 17. The fourth-order valence-corrected chi connectivity index (χ4v) is 12.0. The monoisotopic (exact) mass is 1500 g/mol. The highest BCUT2D eigenvalue weighted by Gasteiger charge is 2.30. The summed E-state index contributed by atoms with van der Waals surface area (Å²) in [5.41, 5.74) is 13.6. The van der Waals surface area contributed by atoms with Gasteiger partial charge in [0.25, 0.3) is 23.6 Å². The maximum Gasteiger partial charge on any atom is 0.335 e. The van der Waals surface area contributed by atoms with Crippen molar-refractivity contribution in [1.82, 2.24) is 21.3 Å². The average molecular weight is 1500 g/mol.